The second kappa shape index (κ2) is 4.37. The van der Waals surface area contributed by atoms with Gasteiger partial charge in [0, 0.05) is 29.2 Å². The molecule has 0 spiro atoms. The van der Waals surface area contributed by atoms with Crippen molar-refractivity contribution in [2.24, 2.45) is 0 Å². The fourth-order valence-corrected chi connectivity index (χ4v) is 1.91. The lowest BCUT2D eigenvalue weighted by Gasteiger charge is -2.02. The number of nitrogens with zero attached hydrogens (tertiary/aromatic N) is 3. The minimum absolute atomic E-state index is 0.118. The molecule has 0 radical (unpaired) electrons. The van der Waals surface area contributed by atoms with Crippen LogP contribution in [-0.2, 0) is 11.3 Å². The van der Waals surface area contributed by atoms with Gasteiger partial charge in [-0.2, -0.15) is 5.10 Å². The lowest BCUT2D eigenvalue weighted by Crippen LogP contribution is -2.11. The van der Waals surface area contributed by atoms with Crippen LogP contribution in [-0.4, -0.2) is 25.8 Å². The van der Waals surface area contributed by atoms with E-state index in [1.807, 2.05) is 26.0 Å². The van der Waals surface area contributed by atoms with Gasteiger partial charge >= 0.3 is 5.97 Å². The van der Waals surface area contributed by atoms with E-state index in [0.29, 0.717) is 0 Å². The number of carbonyl (C=O) groups is 1. The van der Waals surface area contributed by atoms with Gasteiger partial charge in [-0.3, -0.25) is 14.5 Å². The number of hydrogen-bond acceptors (Lipinski definition) is 3. The molecule has 0 saturated heterocycles. The quantitative estimate of drug-likeness (QED) is 0.872. The first-order valence-corrected chi connectivity index (χ1v) is 5.26. The van der Waals surface area contributed by atoms with Gasteiger partial charge in [-0.25, -0.2) is 0 Å². The van der Waals surface area contributed by atoms with Crippen LogP contribution in [0.2, 0.25) is 0 Å². The summed E-state index contributed by atoms with van der Waals surface area (Å²) < 4.78 is 1.50. The summed E-state index contributed by atoms with van der Waals surface area (Å²) in [4.78, 5) is 14.8. The van der Waals surface area contributed by atoms with E-state index in [9.17, 15) is 4.79 Å². The van der Waals surface area contributed by atoms with Gasteiger partial charge < -0.3 is 5.11 Å². The van der Waals surface area contributed by atoms with Gasteiger partial charge in [-0.1, -0.05) is 6.07 Å². The number of carboxylic acids is 1. The third-order valence-electron chi connectivity index (χ3n) is 2.62. The predicted octanol–water partition coefficient (Wildman–Crippen LogP) is 1.65. The van der Waals surface area contributed by atoms with Crippen LogP contribution in [0.1, 0.15) is 11.4 Å². The van der Waals surface area contributed by atoms with Crippen LogP contribution < -0.4 is 0 Å². The van der Waals surface area contributed by atoms with Crippen LogP contribution in [0.4, 0.5) is 0 Å². The molecule has 0 fully saturated rings. The summed E-state index contributed by atoms with van der Waals surface area (Å²) >= 11 is 0. The highest BCUT2D eigenvalue weighted by Gasteiger charge is 2.14. The zero-order chi connectivity index (χ0) is 12.4. The number of aryl methyl sites for hydroxylation is 1. The van der Waals surface area contributed by atoms with Gasteiger partial charge in [0.25, 0.3) is 0 Å². The maximum Gasteiger partial charge on any atom is 0.325 e. The minimum atomic E-state index is -0.895. The number of pyridine rings is 1. The molecule has 17 heavy (non-hydrogen) atoms. The van der Waals surface area contributed by atoms with Crippen molar-refractivity contribution in [2.75, 3.05) is 0 Å². The average Bonchev–Trinajstić information content (AvgIpc) is 2.54. The molecular formula is C12H13N3O2. The van der Waals surface area contributed by atoms with Crippen molar-refractivity contribution in [1.82, 2.24) is 14.8 Å². The fourth-order valence-electron chi connectivity index (χ4n) is 1.91. The van der Waals surface area contributed by atoms with Crippen LogP contribution in [0.15, 0.2) is 24.5 Å². The zero-order valence-corrected chi connectivity index (χ0v) is 9.71. The fraction of sp³-hybridized carbons (Fsp3) is 0.250. The first-order chi connectivity index (χ1) is 8.09. The van der Waals surface area contributed by atoms with Gasteiger partial charge in [0.1, 0.15) is 6.54 Å². The van der Waals surface area contributed by atoms with Crippen molar-refractivity contribution in [3.8, 4) is 11.1 Å². The predicted molar refractivity (Wildman–Crippen MR) is 62.6 cm³/mol. The van der Waals surface area contributed by atoms with Gasteiger partial charge in [0.2, 0.25) is 0 Å². The van der Waals surface area contributed by atoms with Crippen LogP contribution >= 0.6 is 0 Å². The van der Waals surface area contributed by atoms with Crippen molar-refractivity contribution >= 4 is 5.97 Å². The largest absolute Gasteiger partial charge is 0.480 e. The number of hydrogen-bond donors (Lipinski definition) is 1. The molecule has 2 aromatic heterocycles. The third kappa shape index (κ3) is 2.18. The molecule has 0 aliphatic carbocycles. The van der Waals surface area contributed by atoms with E-state index in [-0.39, 0.29) is 6.54 Å². The number of aromatic nitrogens is 3. The van der Waals surface area contributed by atoms with E-state index in [1.165, 1.54) is 4.68 Å². The van der Waals surface area contributed by atoms with Gasteiger partial charge in [-0.05, 0) is 19.9 Å². The Bertz CT molecular complexity index is 546. The first-order valence-electron chi connectivity index (χ1n) is 5.26. The van der Waals surface area contributed by atoms with Crippen molar-refractivity contribution < 1.29 is 9.90 Å². The highest BCUT2D eigenvalue weighted by Crippen LogP contribution is 2.25. The summed E-state index contributed by atoms with van der Waals surface area (Å²) in [7, 11) is 0. The monoisotopic (exact) mass is 231 g/mol. The summed E-state index contributed by atoms with van der Waals surface area (Å²) in [6.07, 6.45) is 3.46. The standard InChI is InChI=1S/C12H13N3O2/c1-8-12(10-4-3-5-13-6-10)9(2)15(14-8)7-11(16)17/h3-6H,7H2,1-2H3,(H,16,17). The molecule has 2 aromatic rings. The van der Waals surface area contributed by atoms with Crippen LogP contribution in [0.25, 0.3) is 11.1 Å². The van der Waals surface area contributed by atoms with Gasteiger partial charge in [0.05, 0.1) is 5.69 Å². The third-order valence-corrected chi connectivity index (χ3v) is 2.62. The Morgan fingerprint density at radius 1 is 1.47 bits per heavy atom. The SMILES string of the molecule is Cc1nn(CC(=O)O)c(C)c1-c1cccnc1. The van der Waals surface area contributed by atoms with E-state index in [0.717, 1.165) is 22.5 Å². The second-order valence-electron chi connectivity index (χ2n) is 3.84. The molecule has 0 amide bonds. The Morgan fingerprint density at radius 2 is 2.24 bits per heavy atom. The van der Waals surface area contributed by atoms with Crippen molar-refractivity contribution in [3.63, 3.8) is 0 Å². The lowest BCUT2D eigenvalue weighted by atomic mass is 10.1. The van der Waals surface area contributed by atoms with Crippen molar-refractivity contribution in [1.29, 1.82) is 0 Å². The summed E-state index contributed by atoms with van der Waals surface area (Å²) in [5.41, 5.74) is 3.58. The Morgan fingerprint density at radius 3 is 2.82 bits per heavy atom. The molecule has 0 bridgehead atoms. The summed E-state index contributed by atoms with van der Waals surface area (Å²) in [5, 5.41) is 13.0. The molecule has 5 heteroatoms. The van der Waals surface area contributed by atoms with E-state index in [4.69, 9.17) is 5.11 Å². The average molecular weight is 231 g/mol. The molecule has 0 aliphatic heterocycles. The number of carboxylic acid groups (broad SMARTS) is 1. The Balaban J connectivity index is 2.49. The molecule has 5 nitrogen and oxygen atoms in total. The number of aliphatic carboxylic acids is 1. The molecule has 2 heterocycles. The molecular weight excluding hydrogens is 218 g/mol. The maximum atomic E-state index is 10.7. The molecule has 0 aromatic carbocycles. The first kappa shape index (κ1) is 11.3. The zero-order valence-electron chi connectivity index (χ0n) is 9.71. The van der Waals surface area contributed by atoms with E-state index >= 15 is 0 Å². The van der Waals surface area contributed by atoms with E-state index in [2.05, 4.69) is 10.1 Å². The Kier molecular flexibility index (Phi) is 2.91. The van der Waals surface area contributed by atoms with Gasteiger partial charge in [0.15, 0.2) is 0 Å². The molecule has 2 rings (SSSR count). The maximum absolute atomic E-state index is 10.7. The Labute approximate surface area is 98.7 Å². The molecule has 0 saturated carbocycles. The van der Waals surface area contributed by atoms with Crippen molar-refractivity contribution in [3.05, 3.63) is 35.9 Å². The van der Waals surface area contributed by atoms with E-state index < -0.39 is 5.97 Å². The van der Waals surface area contributed by atoms with Crippen molar-refractivity contribution in [2.45, 2.75) is 20.4 Å². The molecule has 88 valence electrons. The smallest absolute Gasteiger partial charge is 0.325 e. The molecule has 1 N–H and O–H groups in total. The Hall–Kier alpha value is -2.17. The normalized spacial score (nSPS) is 10.5. The topological polar surface area (TPSA) is 68.0 Å². The highest BCUT2D eigenvalue weighted by molar-refractivity contribution is 5.70. The van der Waals surface area contributed by atoms with Crippen LogP contribution in [0.5, 0.6) is 0 Å². The van der Waals surface area contributed by atoms with E-state index in [1.54, 1.807) is 12.4 Å². The molecule has 0 aliphatic rings. The lowest BCUT2D eigenvalue weighted by molar-refractivity contribution is -0.137. The van der Waals surface area contributed by atoms with Gasteiger partial charge in [-0.15, -0.1) is 0 Å². The molecule has 0 unspecified atom stereocenters. The summed E-state index contributed by atoms with van der Waals surface area (Å²) in [6.45, 7) is 3.62. The second-order valence-corrected chi connectivity index (χ2v) is 3.84. The highest BCUT2D eigenvalue weighted by atomic mass is 16.4. The number of rotatable bonds is 3. The summed E-state index contributed by atoms with van der Waals surface area (Å²) in [6, 6.07) is 3.79. The van der Waals surface area contributed by atoms with Crippen LogP contribution in [0, 0.1) is 13.8 Å². The molecule has 0 atom stereocenters. The van der Waals surface area contributed by atoms with Crippen LogP contribution in [0.3, 0.4) is 0 Å². The summed E-state index contributed by atoms with van der Waals surface area (Å²) in [5.74, 6) is -0.895. The minimum Gasteiger partial charge on any atom is -0.480 e.